The molecule has 0 bridgehead atoms. The van der Waals surface area contributed by atoms with Gasteiger partial charge in [0.2, 0.25) is 0 Å². The second-order valence-corrected chi connectivity index (χ2v) is 3.96. The predicted molar refractivity (Wildman–Crippen MR) is 46.3 cm³/mol. The van der Waals surface area contributed by atoms with Crippen molar-refractivity contribution in [2.45, 2.75) is 12.2 Å². The van der Waals surface area contributed by atoms with Crippen LogP contribution in [0.3, 0.4) is 0 Å². The number of benzene rings is 1. The van der Waals surface area contributed by atoms with Gasteiger partial charge in [-0.15, -0.1) is 0 Å². The number of aryl methyl sites for hydroxylation is 1. The molecule has 0 aliphatic carbocycles. The molecule has 0 atom stereocenters. The van der Waals surface area contributed by atoms with Crippen molar-refractivity contribution < 1.29 is 0 Å². The first-order valence-corrected chi connectivity index (χ1v) is 5.46. The van der Waals surface area contributed by atoms with Gasteiger partial charge >= 0.3 is 72.8 Å². The van der Waals surface area contributed by atoms with E-state index in [1.807, 2.05) is 6.07 Å². The first kappa shape index (κ1) is 8.33. The van der Waals surface area contributed by atoms with Gasteiger partial charge in [0.1, 0.15) is 0 Å². The molecule has 0 aliphatic heterocycles. The molecule has 0 amide bonds. The van der Waals surface area contributed by atoms with Crippen molar-refractivity contribution in [1.82, 2.24) is 0 Å². The van der Waals surface area contributed by atoms with E-state index in [0.717, 1.165) is 5.32 Å². The fourth-order valence-electron chi connectivity index (χ4n) is 0.918. The molecule has 0 spiro atoms. The summed E-state index contributed by atoms with van der Waals surface area (Å²) in [6.07, 6.45) is 0. The minimum absolute atomic E-state index is 0.119. The molecule has 0 aromatic heterocycles. The third-order valence-electron chi connectivity index (χ3n) is 1.39. The second kappa shape index (κ2) is 4.18. The molecule has 0 saturated carbocycles. The van der Waals surface area contributed by atoms with E-state index in [0.29, 0.717) is 0 Å². The van der Waals surface area contributed by atoms with Crippen LogP contribution in [0, 0.1) is 17.2 Å². The molecule has 0 saturated heterocycles. The molecule has 0 fully saturated rings. The van der Waals surface area contributed by atoms with Crippen LogP contribution >= 0.6 is 0 Å². The Bertz CT molecular complexity index is 275. The second-order valence-electron chi connectivity index (χ2n) is 2.37. The van der Waals surface area contributed by atoms with Crippen LogP contribution in [0.4, 0.5) is 0 Å². The average molecular weight is 210 g/mol. The average Bonchev–Trinajstić information content (AvgIpc) is 2.01. The normalized spacial score (nSPS) is 9.09. The predicted octanol–water partition coefficient (Wildman–Crippen LogP) is 1.68. The van der Waals surface area contributed by atoms with Crippen molar-refractivity contribution in [2.24, 2.45) is 0 Å². The molecule has 1 rings (SSSR count). The van der Waals surface area contributed by atoms with Crippen molar-refractivity contribution >= 4 is 15.0 Å². The van der Waals surface area contributed by atoms with Crippen LogP contribution in [0.15, 0.2) is 24.3 Å². The molecule has 11 heavy (non-hydrogen) atoms. The number of hydrogen-bond donors (Lipinski definition) is 0. The molecular weight excluding hydrogens is 201 g/mol. The first-order valence-electron chi connectivity index (χ1n) is 3.39. The van der Waals surface area contributed by atoms with Crippen LogP contribution in [0.5, 0.6) is 0 Å². The Morgan fingerprint density at radius 2 is 2.36 bits per heavy atom. The summed E-state index contributed by atoms with van der Waals surface area (Å²) in [5, 5.41) is 9.31. The van der Waals surface area contributed by atoms with E-state index in [1.165, 1.54) is 11.1 Å². The van der Waals surface area contributed by atoms with Gasteiger partial charge in [-0.1, -0.05) is 0 Å². The van der Waals surface area contributed by atoms with Gasteiger partial charge in [0.15, 0.2) is 0 Å². The molecule has 0 unspecified atom stereocenters. The Balaban J connectivity index is 2.65. The molecule has 0 N–H and O–H groups in total. The van der Waals surface area contributed by atoms with Crippen LogP contribution < -0.4 is 0 Å². The van der Waals surface area contributed by atoms with E-state index in [-0.39, 0.29) is 15.0 Å². The van der Waals surface area contributed by atoms with E-state index in [9.17, 15) is 0 Å². The van der Waals surface area contributed by atoms with Gasteiger partial charge < -0.3 is 0 Å². The van der Waals surface area contributed by atoms with E-state index < -0.39 is 0 Å². The molecule has 2 heteroatoms. The Kier molecular flexibility index (Phi) is 3.16. The summed E-state index contributed by atoms with van der Waals surface area (Å²) in [5.74, 6) is 0. The van der Waals surface area contributed by atoms with Crippen LogP contribution in [0.2, 0.25) is 0 Å². The molecule has 1 nitrogen and oxygen atoms in total. The zero-order chi connectivity index (χ0) is 8.10. The van der Waals surface area contributed by atoms with Crippen LogP contribution in [-0.2, 0) is 5.32 Å². The Labute approximate surface area is 73.2 Å². The summed E-state index contributed by atoms with van der Waals surface area (Å²) in [7, 11) is 0. The Morgan fingerprint density at radius 3 is 3.00 bits per heavy atom. The fourth-order valence-corrected chi connectivity index (χ4v) is 1.78. The monoisotopic (exact) mass is 211 g/mol. The van der Waals surface area contributed by atoms with Gasteiger partial charge in [-0.2, -0.15) is 0 Å². The number of nitriles is 1. The number of nitrogens with zero attached hydrogens (tertiary/aromatic N) is 1. The van der Waals surface area contributed by atoms with Crippen molar-refractivity contribution in [3.63, 3.8) is 0 Å². The topological polar surface area (TPSA) is 23.8 Å². The molecular formula is C9H9NSe. The molecule has 1 aromatic rings. The van der Waals surface area contributed by atoms with Gasteiger partial charge in [0, 0.05) is 0 Å². The molecule has 1 aromatic carbocycles. The van der Waals surface area contributed by atoms with Crippen LogP contribution in [0.25, 0.3) is 0 Å². The molecule has 0 aliphatic rings. The Hall–Kier alpha value is -0.771. The van der Waals surface area contributed by atoms with E-state index in [4.69, 9.17) is 5.26 Å². The van der Waals surface area contributed by atoms with E-state index in [1.54, 1.807) is 0 Å². The molecule has 0 radical (unpaired) electrons. The van der Waals surface area contributed by atoms with Crippen LogP contribution in [-0.4, -0.2) is 15.0 Å². The third-order valence-corrected chi connectivity index (χ3v) is 2.66. The van der Waals surface area contributed by atoms with Gasteiger partial charge in [-0.3, -0.25) is 0 Å². The Morgan fingerprint density at radius 1 is 1.55 bits per heavy atom. The standard InChI is InChI=1S/C9H9NSe/c1-8-3-2-4-9(5-8)6-11-7-10/h2-5H,6H2,1H3. The fraction of sp³-hybridized carbons (Fsp3) is 0.222. The summed E-state index contributed by atoms with van der Waals surface area (Å²) in [5.41, 5.74) is 2.56. The van der Waals surface area contributed by atoms with Gasteiger partial charge in [-0.25, -0.2) is 0 Å². The third kappa shape index (κ3) is 2.76. The SMILES string of the molecule is Cc1cccc(C[Se]C#N)c1. The van der Waals surface area contributed by atoms with Gasteiger partial charge in [0.05, 0.1) is 0 Å². The van der Waals surface area contributed by atoms with Crippen molar-refractivity contribution in [3.8, 4) is 4.97 Å². The summed E-state index contributed by atoms with van der Waals surface area (Å²) in [6.45, 7) is 2.07. The summed E-state index contributed by atoms with van der Waals surface area (Å²) in [6, 6.07) is 8.33. The number of hydrogen-bond acceptors (Lipinski definition) is 1. The van der Waals surface area contributed by atoms with Crippen molar-refractivity contribution in [2.75, 3.05) is 0 Å². The summed E-state index contributed by atoms with van der Waals surface area (Å²) < 4.78 is 0. The molecule has 56 valence electrons. The summed E-state index contributed by atoms with van der Waals surface area (Å²) >= 11 is 0.119. The minimum atomic E-state index is 0.119. The zero-order valence-corrected chi connectivity index (χ0v) is 8.09. The van der Waals surface area contributed by atoms with Crippen molar-refractivity contribution in [1.29, 1.82) is 5.26 Å². The van der Waals surface area contributed by atoms with Gasteiger partial charge in [0.25, 0.3) is 0 Å². The maximum absolute atomic E-state index is 8.37. The summed E-state index contributed by atoms with van der Waals surface area (Å²) in [4.78, 5) is 2.20. The van der Waals surface area contributed by atoms with Crippen molar-refractivity contribution in [3.05, 3.63) is 35.4 Å². The van der Waals surface area contributed by atoms with E-state index in [2.05, 4.69) is 30.1 Å². The van der Waals surface area contributed by atoms with Crippen LogP contribution in [0.1, 0.15) is 11.1 Å². The van der Waals surface area contributed by atoms with E-state index >= 15 is 0 Å². The number of rotatable bonds is 2. The van der Waals surface area contributed by atoms with Gasteiger partial charge in [-0.05, 0) is 0 Å². The first-order chi connectivity index (χ1) is 5.33. The molecule has 0 heterocycles. The maximum atomic E-state index is 8.37. The quantitative estimate of drug-likeness (QED) is 0.681. The zero-order valence-electron chi connectivity index (χ0n) is 6.37.